The predicted octanol–water partition coefficient (Wildman–Crippen LogP) is 7.74. The fourth-order valence-corrected chi connectivity index (χ4v) is 9.21. The quantitative estimate of drug-likeness (QED) is 0.130. The molecule has 274 valence electrons. The van der Waals surface area contributed by atoms with Crippen molar-refractivity contribution in [2.24, 2.45) is 5.92 Å². The molecule has 3 aromatic carbocycles. The number of benzene rings is 3. The third-order valence-electron chi connectivity index (χ3n) is 11.2. The summed E-state index contributed by atoms with van der Waals surface area (Å²) in [7, 11) is -1.44. The number of fused-ring (bicyclic) bond motifs is 7. The molecule has 0 saturated carbocycles. The number of hydrogen-bond acceptors (Lipinski definition) is 9. The van der Waals surface area contributed by atoms with E-state index in [1.54, 1.807) is 6.20 Å². The van der Waals surface area contributed by atoms with Gasteiger partial charge in [0.2, 0.25) is 17.7 Å². The molecule has 10 bridgehead atoms. The van der Waals surface area contributed by atoms with Gasteiger partial charge in [0.25, 0.3) is 0 Å². The second-order valence-electron chi connectivity index (χ2n) is 16.3. The lowest BCUT2D eigenvalue weighted by atomic mass is 9.72. The molecule has 4 aliphatic rings. The minimum atomic E-state index is -1.44. The summed E-state index contributed by atoms with van der Waals surface area (Å²) in [6, 6.07) is 17.7. The van der Waals surface area contributed by atoms with E-state index in [2.05, 4.69) is 77.0 Å². The van der Waals surface area contributed by atoms with Crippen molar-refractivity contribution in [3.05, 3.63) is 95.3 Å². The first-order chi connectivity index (χ1) is 26.0. The fourth-order valence-electron chi connectivity index (χ4n) is 8.49. The van der Waals surface area contributed by atoms with Crippen molar-refractivity contribution >= 4 is 36.7 Å². The Kier molecular flexibility index (Phi) is 7.04. The largest absolute Gasteiger partial charge is 0.469 e. The van der Waals surface area contributed by atoms with E-state index in [1.807, 2.05) is 38.2 Å². The molecular weight excluding hydrogens is 701 g/mol. The number of ether oxygens (including phenoxy) is 2. The van der Waals surface area contributed by atoms with Crippen molar-refractivity contribution in [2.45, 2.75) is 69.7 Å². The third-order valence-corrected chi connectivity index (χ3v) is 12.9. The number of amides is 2. The van der Waals surface area contributed by atoms with Crippen LogP contribution in [-0.4, -0.2) is 53.9 Å². The summed E-state index contributed by atoms with van der Waals surface area (Å²) < 4.78 is 26.1. The molecule has 4 N–H and O–H groups in total. The number of oxazole rings is 2. The summed E-state index contributed by atoms with van der Waals surface area (Å²) >= 11 is 0. The van der Waals surface area contributed by atoms with E-state index >= 15 is 0 Å². The van der Waals surface area contributed by atoms with Crippen LogP contribution in [0.1, 0.15) is 48.2 Å². The van der Waals surface area contributed by atoms with Gasteiger partial charge in [-0.2, -0.15) is 0 Å². The van der Waals surface area contributed by atoms with E-state index in [9.17, 15) is 9.59 Å². The van der Waals surface area contributed by atoms with Crippen molar-refractivity contribution < 1.29 is 27.9 Å². The molecule has 2 amide bonds. The lowest BCUT2D eigenvalue weighted by Gasteiger charge is -2.28. The molecular formula is C41H40N6O6Si. The highest BCUT2D eigenvalue weighted by molar-refractivity contribution is 6.76. The van der Waals surface area contributed by atoms with Gasteiger partial charge in [-0.25, -0.2) is 14.8 Å². The monoisotopic (exact) mass is 740 g/mol. The maximum Gasteiger partial charge on any atom is 0.407 e. The number of alkyl carbamates (subject to hydrolysis) is 1. The molecule has 6 aromatic rings. The van der Waals surface area contributed by atoms with E-state index in [-0.39, 0.29) is 24.1 Å². The Morgan fingerprint density at radius 2 is 1.87 bits per heavy atom. The maximum absolute atomic E-state index is 14.2. The maximum atomic E-state index is 14.2. The van der Waals surface area contributed by atoms with Crippen LogP contribution in [0.4, 0.5) is 10.5 Å². The van der Waals surface area contributed by atoms with E-state index < -0.39 is 37.9 Å². The number of rotatable bonds is 5. The molecule has 0 fully saturated rings. The highest BCUT2D eigenvalue weighted by Crippen LogP contribution is 2.61. The van der Waals surface area contributed by atoms with Crippen molar-refractivity contribution in [2.75, 3.05) is 11.9 Å². The average molecular weight is 741 g/mol. The molecule has 7 heterocycles. The normalized spacial score (nSPS) is 21.7. The number of carbonyl (C=O) groups is 2. The Hall–Kier alpha value is -5.82. The third kappa shape index (κ3) is 4.80. The van der Waals surface area contributed by atoms with Crippen molar-refractivity contribution in [3.63, 3.8) is 0 Å². The number of hydrogen-bond donors (Lipinski definition) is 4. The zero-order chi connectivity index (χ0) is 37.1. The van der Waals surface area contributed by atoms with Crippen LogP contribution in [0.25, 0.3) is 44.9 Å². The lowest BCUT2D eigenvalue weighted by molar-refractivity contribution is -0.124. The topological polar surface area (TPSA) is 157 Å². The second kappa shape index (κ2) is 11.6. The predicted molar refractivity (Wildman–Crippen MR) is 205 cm³/mol. The minimum absolute atomic E-state index is 0.146. The van der Waals surface area contributed by atoms with Crippen LogP contribution in [0, 0.1) is 5.92 Å². The van der Waals surface area contributed by atoms with Gasteiger partial charge in [0.05, 0.1) is 12.8 Å². The molecule has 1 spiro atoms. The van der Waals surface area contributed by atoms with Gasteiger partial charge in [-0.3, -0.25) is 4.79 Å². The first-order valence-corrected chi connectivity index (χ1v) is 22.2. The highest BCUT2D eigenvalue weighted by Gasteiger charge is 2.61. The molecule has 10 rings (SSSR count). The Morgan fingerprint density at radius 1 is 1.04 bits per heavy atom. The average Bonchev–Trinajstić information content (AvgIpc) is 3.95. The summed E-state index contributed by atoms with van der Waals surface area (Å²) in [5.74, 6) is 1.82. The highest BCUT2D eigenvalue weighted by atomic mass is 28.3. The molecule has 0 saturated heterocycles. The van der Waals surface area contributed by atoms with E-state index in [4.69, 9.17) is 28.3 Å². The Morgan fingerprint density at radius 3 is 2.70 bits per heavy atom. The Bertz CT molecular complexity index is 2530. The molecule has 4 unspecified atom stereocenters. The molecule has 0 aliphatic carbocycles. The Balaban J connectivity index is 1.21. The zero-order valence-corrected chi connectivity index (χ0v) is 31.6. The number of nitrogens with zero attached hydrogens (tertiary/aromatic N) is 2. The fraction of sp³-hybridized carbons (Fsp3) is 0.317. The number of anilines is 1. The van der Waals surface area contributed by atoms with Crippen molar-refractivity contribution in [3.8, 4) is 39.8 Å². The summed E-state index contributed by atoms with van der Waals surface area (Å²) in [6.45, 7) is 10.9. The zero-order valence-electron chi connectivity index (χ0n) is 30.6. The number of para-hydroxylation sites is 1. The van der Waals surface area contributed by atoms with Crippen LogP contribution >= 0.6 is 0 Å². The summed E-state index contributed by atoms with van der Waals surface area (Å²) in [5, 5.41) is 10.8. The van der Waals surface area contributed by atoms with Gasteiger partial charge < -0.3 is 39.2 Å². The summed E-state index contributed by atoms with van der Waals surface area (Å²) in [5.41, 5.74) is 6.80. The smallest absolute Gasteiger partial charge is 0.407 e. The van der Waals surface area contributed by atoms with Gasteiger partial charge >= 0.3 is 6.09 Å². The first-order valence-electron chi connectivity index (χ1n) is 18.5. The lowest BCUT2D eigenvalue weighted by Crippen LogP contribution is -2.50. The van der Waals surface area contributed by atoms with Gasteiger partial charge in [0.1, 0.15) is 23.2 Å². The summed E-state index contributed by atoms with van der Waals surface area (Å²) in [4.78, 5) is 40.8. The van der Waals surface area contributed by atoms with Crippen LogP contribution in [-0.2, 0) is 21.4 Å². The molecule has 12 nitrogen and oxygen atoms in total. The molecule has 54 heavy (non-hydrogen) atoms. The van der Waals surface area contributed by atoms with Crippen LogP contribution in [0.3, 0.4) is 0 Å². The van der Waals surface area contributed by atoms with Gasteiger partial charge in [-0.15, -0.1) is 0 Å². The standard InChI is InChI=1S/C41H40N6O6Si/c1-20(2)32-38-46-34-35(53-38)41-25-10-6-9-23(22-8-7-11-27-31(22)24(18-42-27)30-19-43-37(34)51-30)33(25)47-39(41)52-29-13-12-21(16-26(29)41)17-28(36(48)45-32)44-40(49)50-14-15-54(3,4)5/h6-13,16,18-20,28,32,39,42,47H,14-15,17H2,1-5H3,(H,44,49)(H,45,48). The number of aromatic nitrogens is 3. The van der Waals surface area contributed by atoms with Gasteiger partial charge in [0, 0.05) is 59.5 Å². The number of H-pyrrole nitrogens is 1. The van der Waals surface area contributed by atoms with Gasteiger partial charge in [-0.1, -0.05) is 76.0 Å². The molecule has 3 aromatic heterocycles. The van der Waals surface area contributed by atoms with Gasteiger partial charge in [-0.05, 0) is 35.2 Å². The summed E-state index contributed by atoms with van der Waals surface area (Å²) in [6.07, 6.45) is 2.63. The minimum Gasteiger partial charge on any atom is -0.469 e. The van der Waals surface area contributed by atoms with Crippen molar-refractivity contribution in [1.29, 1.82) is 0 Å². The molecule has 4 atom stereocenters. The second-order valence-corrected chi connectivity index (χ2v) is 21.9. The van der Waals surface area contributed by atoms with E-state index in [0.717, 1.165) is 56.0 Å². The van der Waals surface area contributed by atoms with Crippen molar-refractivity contribution in [1.82, 2.24) is 25.6 Å². The molecule has 0 radical (unpaired) electrons. The number of aromatic amines is 1. The van der Waals surface area contributed by atoms with Crippen LogP contribution in [0.15, 0.2) is 75.8 Å². The number of carbonyl (C=O) groups excluding carboxylic acids is 2. The van der Waals surface area contributed by atoms with E-state index in [0.29, 0.717) is 35.5 Å². The molecule has 4 aliphatic heterocycles. The van der Waals surface area contributed by atoms with Gasteiger partial charge in [0.15, 0.2) is 23.4 Å². The van der Waals surface area contributed by atoms with Crippen LogP contribution < -0.4 is 20.7 Å². The molecule has 13 heteroatoms. The SMILES string of the molecule is CC(C)C1NC(=O)C(NC(=O)OCC[Si](C)(C)C)Cc2ccc3c(c2)C24c5cccc(c5NC2O3)-c2cccc3[nH]cc(c23)-c2cnc(o2)-c2nc1oc24. The van der Waals surface area contributed by atoms with Crippen LogP contribution in [0.2, 0.25) is 25.7 Å². The Labute approximate surface area is 312 Å². The first kappa shape index (κ1) is 32.8. The number of nitrogens with one attached hydrogen (secondary N) is 4. The van der Waals surface area contributed by atoms with E-state index in [1.165, 1.54) is 0 Å². The van der Waals surface area contributed by atoms with Crippen LogP contribution in [0.5, 0.6) is 5.75 Å².